The first kappa shape index (κ1) is 13.5. The molecule has 2 rings (SSSR count). The molecule has 102 valence electrons. The smallest absolute Gasteiger partial charge is 0.226 e. The first-order chi connectivity index (χ1) is 8.47. The van der Waals surface area contributed by atoms with E-state index in [0.29, 0.717) is 11.8 Å². The molecule has 1 saturated heterocycles. The number of hydrogen-bond acceptors (Lipinski definition) is 4. The van der Waals surface area contributed by atoms with E-state index in [9.17, 15) is 0 Å². The first-order valence-corrected chi connectivity index (χ1v) is 7.00. The summed E-state index contributed by atoms with van der Waals surface area (Å²) < 4.78 is 5.40. The van der Waals surface area contributed by atoms with Crippen molar-refractivity contribution >= 4 is 0 Å². The Kier molecular flexibility index (Phi) is 4.05. The maximum Gasteiger partial charge on any atom is 0.226 e. The molecule has 1 aromatic rings. The molecule has 4 heteroatoms. The average molecular weight is 251 g/mol. The van der Waals surface area contributed by atoms with Gasteiger partial charge >= 0.3 is 0 Å². The summed E-state index contributed by atoms with van der Waals surface area (Å²) in [5.41, 5.74) is 0.281. The van der Waals surface area contributed by atoms with E-state index >= 15 is 0 Å². The minimum Gasteiger partial charge on any atom is -0.339 e. The highest BCUT2D eigenvalue weighted by atomic mass is 16.5. The van der Waals surface area contributed by atoms with Gasteiger partial charge in [-0.05, 0) is 37.3 Å². The molecule has 18 heavy (non-hydrogen) atoms. The van der Waals surface area contributed by atoms with Gasteiger partial charge < -0.3 is 9.84 Å². The number of hydrogen-bond donors (Lipinski definition) is 1. The lowest BCUT2D eigenvalue weighted by Gasteiger charge is -2.25. The quantitative estimate of drug-likeness (QED) is 0.897. The van der Waals surface area contributed by atoms with Crippen LogP contribution in [-0.2, 0) is 6.42 Å². The maximum absolute atomic E-state index is 5.40. The molecule has 0 spiro atoms. The van der Waals surface area contributed by atoms with E-state index in [0.717, 1.165) is 44.1 Å². The fourth-order valence-corrected chi connectivity index (χ4v) is 2.17. The van der Waals surface area contributed by atoms with Gasteiger partial charge in [-0.1, -0.05) is 32.9 Å². The molecule has 0 amide bonds. The molecule has 1 N–H and O–H groups in total. The molecule has 0 aromatic carbocycles. The van der Waals surface area contributed by atoms with Crippen molar-refractivity contribution in [2.24, 2.45) is 11.3 Å². The Bertz CT molecular complexity index is 375. The monoisotopic (exact) mass is 251 g/mol. The minimum atomic E-state index is 0.281. The summed E-state index contributed by atoms with van der Waals surface area (Å²) in [6.45, 7) is 11.1. The Morgan fingerprint density at radius 2 is 2.00 bits per heavy atom. The van der Waals surface area contributed by atoms with E-state index < -0.39 is 0 Å². The second kappa shape index (κ2) is 5.39. The zero-order chi connectivity index (χ0) is 13.2. The van der Waals surface area contributed by atoms with Gasteiger partial charge in [0.05, 0.1) is 0 Å². The standard InChI is InChI=1S/C14H25N3O/c1-10(14(2,3)4)9-12-16-13(17-18-12)11-5-7-15-8-6-11/h10-11,15H,5-9H2,1-4H3. The maximum atomic E-state index is 5.40. The van der Waals surface area contributed by atoms with Gasteiger partial charge in [0.1, 0.15) is 0 Å². The van der Waals surface area contributed by atoms with Gasteiger partial charge in [0, 0.05) is 12.3 Å². The van der Waals surface area contributed by atoms with Crippen molar-refractivity contribution in [3.05, 3.63) is 11.7 Å². The van der Waals surface area contributed by atoms with Crippen LogP contribution < -0.4 is 5.32 Å². The molecule has 1 aromatic heterocycles. The zero-order valence-electron chi connectivity index (χ0n) is 12.0. The van der Waals surface area contributed by atoms with Crippen molar-refractivity contribution < 1.29 is 4.52 Å². The van der Waals surface area contributed by atoms with Crippen molar-refractivity contribution in [2.45, 2.75) is 52.9 Å². The summed E-state index contributed by atoms with van der Waals surface area (Å²) >= 11 is 0. The zero-order valence-corrected chi connectivity index (χ0v) is 12.0. The summed E-state index contributed by atoms with van der Waals surface area (Å²) in [7, 11) is 0. The third-order valence-corrected chi connectivity index (χ3v) is 4.15. The van der Waals surface area contributed by atoms with Gasteiger partial charge in [0.2, 0.25) is 5.89 Å². The number of piperidine rings is 1. The summed E-state index contributed by atoms with van der Waals surface area (Å²) in [5, 5.41) is 7.52. The van der Waals surface area contributed by atoms with E-state index in [4.69, 9.17) is 4.52 Å². The Hall–Kier alpha value is -0.900. The van der Waals surface area contributed by atoms with Crippen LogP contribution in [0.3, 0.4) is 0 Å². The summed E-state index contributed by atoms with van der Waals surface area (Å²) in [5.74, 6) is 2.73. The van der Waals surface area contributed by atoms with Crippen LogP contribution in [0.2, 0.25) is 0 Å². The van der Waals surface area contributed by atoms with E-state index in [1.807, 2.05) is 0 Å². The van der Waals surface area contributed by atoms with Crippen molar-refractivity contribution in [1.82, 2.24) is 15.5 Å². The fraction of sp³-hybridized carbons (Fsp3) is 0.857. The summed E-state index contributed by atoms with van der Waals surface area (Å²) in [6, 6.07) is 0. The molecule has 1 aliphatic heterocycles. The molecule has 0 aliphatic carbocycles. The molecule has 0 radical (unpaired) electrons. The summed E-state index contributed by atoms with van der Waals surface area (Å²) in [6.07, 6.45) is 3.11. The second-order valence-electron chi connectivity index (χ2n) is 6.54. The van der Waals surface area contributed by atoms with Crippen LogP contribution in [0.4, 0.5) is 0 Å². The molecule has 2 heterocycles. The highest BCUT2D eigenvalue weighted by Crippen LogP contribution is 2.29. The minimum absolute atomic E-state index is 0.281. The van der Waals surface area contributed by atoms with Crippen molar-refractivity contribution in [1.29, 1.82) is 0 Å². The third kappa shape index (κ3) is 3.31. The van der Waals surface area contributed by atoms with Crippen LogP contribution in [0.15, 0.2) is 4.52 Å². The van der Waals surface area contributed by atoms with E-state index in [-0.39, 0.29) is 5.41 Å². The largest absolute Gasteiger partial charge is 0.339 e. The SMILES string of the molecule is CC(Cc1nc(C2CCNCC2)no1)C(C)(C)C. The van der Waals surface area contributed by atoms with Crippen LogP contribution in [0, 0.1) is 11.3 Å². The number of rotatable bonds is 3. The van der Waals surface area contributed by atoms with Gasteiger partial charge in [0.15, 0.2) is 5.82 Å². The van der Waals surface area contributed by atoms with Crippen LogP contribution in [0.25, 0.3) is 0 Å². The van der Waals surface area contributed by atoms with E-state index in [1.165, 1.54) is 0 Å². The van der Waals surface area contributed by atoms with Crippen LogP contribution in [0.1, 0.15) is 58.2 Å². The highest BCUT2D eigenvalue weighted by molar-refractivity contribution is 4.98. The first-order valence-electron chi connectivity index (χ1n) is 7.00. The van der Waals surface area contributed by atoms with Crippen molar-refractivity contribution in [3.8, 4) is 0 Å². The van der Waals surface area contributed by atoms with E-state index in [1.54, 1.807) is 0 Å². The Labute approximate surface area is 110 Å². The third-order valence-electron chi connectivity index (χ3n) is 4.15. The number of nitrogens with zero attached hydrogens (tertiary/aromatic N) is 2. The predicted molar refractivity (Wildman–Crippen MR) is 71.5 cm³/mol. The normalized spacial score (nSPS) is 20.0. The van der Waals surface area contributed by atoms with E-state index in [2.05, 4.69) is 43.2 Å². The molecular formula is C14H25N3O. The van der Waals surface area contributed by atoms with Crippen LogP contribution >= 0.6 is 0 Å². The lowest BCUT2D eigenvalue weighted by atomic mass is 9.80. The molecule has 0 saturated carbocycles. The molecule has 1 unspecified atom stereocenters. The van der Waals surface area contributed by atoms with Gasteiger partial charge in [-0.2, -0.15) is 4.98 Å². The molecule has 1 atom stereocenters. The van der Waals surface area contributed by atoms with Crippen molar-refractivity contribution in [2.75, 3.05) is 13.1 Å². The van der Waals surface area contributed by atoms with Crippen LogP contribution in [0.5, 0.6) is 0 Å². The Morgan fingerprint density at radius 1 is 1.33 bits per heavy atom. The lowest BCUT2D eigenvalue weighted by Crippen LogP contribution is -2.27. The number of aromatic nitrogens is 2. The Morgan fingerprint density at radius 3 is 2.61 bits per heavy atom. The molecule has 1 fully saturated rings. The number of nitrogens with one attached hydrogen (secondary N) is 1. The van der Waals surface area contributed by atoms with Gasteiger partial charge in [0.25, 0.3) is 0 Å². The van der Waals surface area contributed by atoms with Gasteiger partial charge in [-0.15, -0.1) is 0 Å². The van der Waals surface area contributed by atoms with Crippen molar-refractivity contribution in [3.63, 3.8) is 0 Å². The van der Waals surface area contributed by atoms with Gasteiger partial charge in [-0.25, -0.2) is 0 Å². The average Bonchev–Trinajstić information content (AvgIpc) is 2.77. The van der Waals surface area contributed by atoms with Gasteiger partial charge in [-0.3, -0.25) is 0 Å². The molecule has 1 aliphatic rings. The lowest BCUT2D eigenvalue weighted by molar-refractivity contribution is 0.236. The second-order valence-corrected chi connectivity index (χ2v) is 6.54. The summed E-state index contributed by atoms with van der Waals surface area (Å²) in [4.78, 5) is 4.58. The van der Waals surface area contributed by atoms with Crippen LogP contribution in [-0.4, -0.2) is 23.2 Å². The molecule has 0 bridgehead atoms. The highest BCUT2D eigenvalue weighted by Gasteiger charge is 2.25. The molecule has 4 nitrogen and oxygen atoms in total. The predicted octanol–water partition coefficient (Wildman–Crippen LogP) is 2.76. The fourth-order valence-electron chi connectivity index (χ4n) is 2.17. The Balaban J connectivity index is 1.97. The topological polar surface area (TPSA) is 51.0 Å². The molecular weight excluding hydrogens is 226 g/mol.